The van der Waals surface area contributed by atoms with Crippen LogP contribution in [0, 0.1) is 17.2 Å². The molecule has 1 aliphatic rings. The molecule has 0 heterocycles. The molecule has 5 nitrogen and oxygen atoms in total. The Hall–Kier alpha value is -0.640. The van der Waals surface area contributed by atoms with Crippen molar-refractivity contribution in [1.82, 2.24) is 9.44 Å². The van der Waals surface area contributed by atoms with E-state index in [9.17, 15) is 13.7 Å². The number of hydrogen-bond donors (Lipinski definition) is 2. The fourth-order valence-corrected chi connectivity index (χ4v) is 3.65. The highest BCUT2D eigenvalue weighted by Crippen LogP contribution is 2.33. The summed E-state index contributed by atoms with van der Waals surface area (Å²) < 4.78 is 28.6. The summed E-state index contributed by atoms with van der Waals surface area (Å²) >= 11 is 0. The molecule has 0 spiro atoms. The summed E-state index contributed by atoms with van der Waals surface area (Å²) in [7, 11) is -3.56. The van der Waals surface area contributed by atoms with Gasteiger partial charge in [-0.1, -0.05) is 20.3 Å². The van der Waals surface area contributed by atoms with E-state index in [1.165, 1.54) is 0 Å². The molecule has 0 aromatic heterocycles. The van der Waals surface area contributed by atoms with Crippen molar-refractivity contribution < 1.29 is 8.42 Å². The first-order valence-corrected chi connectivity index (χ1v) is 8.15. The normalized spacial score (nSPS) is 28.8. The van der Waals surface area contributed by atoms with E-state index in [1.807, 2.05) is 6.92 Å². The molecule has 1 rings (SSSR count). The minimum Gasteiger partial charge on any atom is -0.202 e. The van der Waals surface area contributed by atoms with Crippen molar-refractivity contribution in [3.63, 3.8) is 0 Å². The summed E-state index contributed by atoms with van der Waals surface area (Å²) in [6.45, 7) is 4.43. The third kappa shape index (κ3) is 4.23. The fourth-order valence-electron chi connectivity index (χ4n) is 2.35. The van der Waals surface area contributed by atoms with Gasteiger partial charge in [0.2, 0.25) is 0 Å². The van der Waals surface area contributed by atoms with Crippen LogP contribution in [0.4, 0.5) is 0 Å². The molecule has 6 heteroatoms. The Labute approximate surface area is 110 Å². The number of rotatable bonds is 6. The second-order valence-corrected chi connectivity index (χ2v) is 6.55. The van der Waals surface area contributed by atoms with Gasteiger partial charge in [-0.05, 0) is 38.0 Å². The summed E-state index contributed by atoms with van der Waals surface area (Å²) in [5, 5.41) is 9.28. The molecule has 0 radical (unpaired) electrons. The smallest absolute Gasteiger partial charge is 0.202 e. The average molecular weight is 273 g/mol. The number of nitriles is 1. The van der Waals surface area contributed by atoms with E-state index in [2.05, 4.69) is 22.4 Å². The zero-order chi connectivity index (χ0) is 13.6. The molecule has 0 aliphatic heterocycles. The molecule has 0 amide bonds. The summed E-state index contributed by atoms with van der Waals surface area (Å²) in [4.78, 5) is 0. The van der Waals surface area contributed by atoms with Crippen LogP contribution in [-0.4, -0.2) is 20.5 Å². The zero-order valence-corrected chi connectivity index (χ0v) is 12.0. The number of hydrogen-bond acceptors (Lipinski definition) is 3. The SMILES string of the molecule is CCCNS(=O)(=O)NC1(C#N)CCC(CC)CC1. The summed E-state index contributed by atoms with van der Waals surface area (Å²) in [6, 6.07) is 2.16. The van der Waals surface area contributed by atoms with E-state index in [4.69, 9.17) is 0 Å². The first-order valence-electron chi connectivity index (χ1n) is 6.66. The van der Waals surface area contributed by atoms with Crippen molar-refractivity contribution in [1.29, 1.82) is 5.26 Å². The predicted octanol–water partition coefficient (Wildman–Crippen LogP) is 1.68. The van der Waals surface area contributed by atoms with Gasteiger partial charge in [0.1, 0.15) is 5.54 Å². The number of nitrogens with one attached hydrogen (secondary N) is 2. The summed E-state index contributed by atoms with van der Waals surface area (Å²) in [5.74, 6) is 0.625. The largest absolute Gasteiger partial charge is 0.278 e. The van der Waals surface area contributed by atoms with E-state index in [0.29, 0.717) is 25.3 Å². The van der Waals surface area contributed by atoms with Gasteiger partial charge in [-0.2, -0.15) is 18.4 Å². The third-order valence-corrected chi connectivity index (χ3v) is 4.87. The van der Waals surface area contributed by atoms with Crippen molar-refractivity contribution in [2.75, 3.05) is 6.54 Å². The monoisotopic (exact) mass is 273 g/mol. The Morgan fingerprint density at radius 1 is 1.33 bits per heavy atom. The van der Waals surface area contributed by atoms with Crippen molar-refractivity contribution in [2.24, 2.45) is 5.92 Å². The van der Waals surface area contributed by atoms with Crippen LogP contribution in [0.5, 0.6) is 0 Å². The molecule has 18 heavy (non-hydrogen) atoms. The second kappa shape index (κ2) is 6.50. The van der Waals surface area contributed by atoms with Crippen LogP contribution in [0.1, 0.15) is 52.4 Å². The molecule has 1 aliphatic carbocycles. The Morgan fingerprint density at radius 3 is 2.39 bits per heavy atom. The third-order valence-electron chi connectivity index (χ3n) is 3.62. The molecule has 0 unspecified atom stereocenters. The maximum absolute atomic E-state index is 11.8. The molecule has 0 bridgehead atoms. The van der Waals surface area contributed by atoms with Crippen LogP contribution >= 0.6 is 0 Å². The van der Waals surface area contributed by atoms with Crippen molar-refractivity contribution in [3.8, 4) is 6.07 Å². The highest BCUT2D eigenvalue weighted by molar-refractivity contribution is 7.87. The Morgan fingerprint density at radius 2 is 1.94 bits per heavy atom. The molecular weight excluding hydrogens is 250 g/mol. The average Bonchev–Trinajstić information content (AvgIpc) is 2.37. The minimum atomic E-state index is -3.56. The standard InChI is InChI=1S/C12H23N3O2S/c1-3-9-14-18(16,17)15-12(10-13)7-5-11(4-2)6-8-12/h11,14-15H,3-9H2,1-2H3. The van der Waals surface area contributed by atoms with Crippen LogP contribution in [0.15, 0.2) is 0 Å². The molecule has 1 fully saturated rings. The summed E-state index contributed by atoms with van der Waals surface area (Å²) in [6.07, 6.45) is 4.88. The molecule has 0 saturated heterocycles. The van der Waals surface area contributed by atoms with Gasteiger partial charge in [0.25, 0.3) is 10.2 Å². The Balaban J connectivity index is 2.65. The van der Waals surface area contributed by atoms with Crippen molar-refractivity contribution in [3.05, 3.63) is 0 Å². The van der Waals surface area contributed by atoms with E-state index in [-0.39, 0.29) is 0 Å². The van der Waals surface area contributed by atoms with Gasteiger partial charge in [0.05, 0.1) is 6.07 Å². The van der Waals surface area contributed by atoms with E-state index in [1.54, 1.807) is 0 Å². The number of nitrogens with zero attached hydrogens (tertiary/aromatic N) is 1. The maximum Gasteiger partial charge on any atom is 0.278 e. The van der Waals surface area contributed by atoms with Crippen LogP contribution in [0.2, 0.25) is 0 Å². The molecule has 2 N–H and O–H groups in total. The van der Waals surface area contributed by atoms with Gasteiger partial charge >= 0.3 is 0 Å². The first-order chi connectivity index (χ1) is 8.47. The van der Waals surface area contributed by atoms with Gasteiger partial charge in [0.15, 0.2) is 0 Å². The lowest BCUT2D eigenvalue weighted by atomic mass is 9.77. The molecule has 0 atom stereocenters. The maximum atomic E-state index is 11.8. The van der Waals surface area contributed by atoms with E-state index >= 15 is 0 Å². The topological polar surface area (TPSA) is 82.0 Å². The fraction of sp³-hybridized carbons (Fsp3) is 0.917. The van der Waals surface area contributed by atoms with Crippen molar-refractivity contribution >= 4 is 10.2 Å². The van der Waals surface area contributed by atoms with E-state index in [0.717, 1.165) is 25.7 Å². The lowest BCUT2D eigenvalue weighted by Gasteiger charge is -2.34. The Bertz CT molecular complexity index is 392. The van der Waals surface area contributed by atoms with E-state index < -0.39 is 15.7 Å². The van der Waals surface area contributed by atoms with Gasteiger partial charge in [-0.15, -0.1) is 0 Å². The second-order valence-electron chi connectivity index (χ2n) is 5.05. The Kier molecular flexibility index (Phi) is 5.57. The molecule has 104 valence electrons. The van der Waals surface area contributed by atoms with Crippen LogP contribution in [-0.2, 0) is 10.2 Å². The molecular formula is C12H23N3O2S. The van der Waals surface area contributed by atoms with Crippen LogP contribution < -0.4 is 9.44 Å². The van der Waals surface area contributed by atoms with Gasteiger partial charge in [-0.3, -0.25) is 0 Å². The first kappa shape index (κ1) is 15.4. The molecule has 0 aromatic carbocycles. The van der Waals surface area contributed by atoms with Crippen molar-refractivity contribution in [2.45, 2.75) is 57.9 Å². The molecule has 1 saturated carbocycles. The van der Waals surface area contributed by atoms with Crippen LogP contribution in [0.25, 0.3) is 0 Å². The zero-order valence-electron chi connectivity index (χ0n) is 11.2. The summed E-state index contributed by atoms with van der Waals surface area (Å²) in [5.41, 5.74) is -0.911. The van der Waals surface area contributed by atoms with Gasteiger partial charge in [-0.25, -0.2) is 4.72 Å². The predicted molar refractivity (Wildman–Crippen MR) is 70.9 cm³/mol. The van der Waals surface area contributed by atoms with Gasteiger partial charge < -0.3 is 0 Å². The van der Waals surface area contributed by atoms with Crippen LogP contribution in [0.3, 0.4) is 0 Å². The van der Waals surface area contributed by atoms with Gasteiger partial charge in [0, 0.05) is 6.54 Å². The lowest BCUT2D eigenvalue weighted by Crippen LogP contribution is -2.53. The quantitative estimate of drug-likeness (QED) is 0.772. The lowest BCUT2D eigenvalue weighted by molar-refractivity contribution is 0.258. The minimum absolute atomic E-state index is 0.397. The molecule has 0 aromatic rings. The highest BCUT2D eigenvalue weighted by atomic mass is 32.2. The highest BCUT2D eigenvalue weighted by Gasteiger charge is 2.38.